The Hall–Kier alpha value is -4.14. The Morgan fingerprint density at radius 3 is 2.15 bits per heavy atom. The molecule has 0 aliphatic heterocycles. The average Bonchev–Trinajstić information content (AvgIpc) is 2.89. The number of nitrogens with one attached hydrogen (secondary N) is 2. The smallest absolute Gasteiger partial charge is 0.382 e. The van der Waals surface area contributed by atoms with E-state index in [1.54, 1.807) is 36.4 Å². The molecule has 0 aliphatic rings. The molecular weight excluding hydrogens is 456 g/mol. The van der Waals surface area contributed by atoms with Crippen LogP contribution in [0.2, 0.25) is 0 Å². The zero-order valence-electron chi connectivity index (χ0n) is 17.9. The van der Waals surface area contributed by atoms with Gasteiger partial charge in [0.2, 0.25) is 0 Å². The van der Waals surface area contributed by atoms with Gasteiger partial charge < -0.3 is 5.11 Å². The van der Waals surface area contributed by atoms with Crippen LogP contribution in [0.3, 0.4) is 0 Å². The van der Waals surface area contributed by atoms with Crippen LogP contribution in [0, 0.1) is 5.53 Å². The first-order valence-corrected chi connectivity index (χ1v) is 10.7. The molecule has 3 aromatic rings. The molecule has 34 heavy (non-hydrogen) atoms. The first-order valence-electron chi connectivity index (χ1n) is 10.1. The summed E-state index contributed by atoms with van der Waals surface area (Å²) in [5.74, 6) is -0.206. The van der Waals surface area contributed by atoms with E-state index in [0.717, 1.165) is 23.5 Å². The van der Waals surface area contributed by atoms with Gasteiger partial charge in [0, 0.05) is 17.3 Å². The highest BCUT2D eigenvalue weighted by Gasteiger charge is 2.16. The predicted molar refractivity (Wildman–Crippen MR) is 129 cm³/mol. The van der Waals surface area contributed by atoms with Gasteiger partial charge in [-0.3, -0.25) is 14.9 Å². The van der Waals surface area contributed by atoms with E-state index in [4.69, 9.17) is 17.1 Å². The summed E-state index contributed by atoms with van der Waals surface area (Å²) in [6.45, 7) is 0. The minimum Gasteiger partial charge on any atom is -0.382 e. The number of hydrogen-bond donors (Lipinski definition) is 3. The second-order valence-electron chi connectivity index (χ2n) is 6.98. The number of ketones is 1. The topological polar surface area (TPSA) is 124 Å². The van der Waals surface area contributed by atoms with Crippen LogP contribution in [-0.2, 0) is 4.84 Å². The van der Waals surface area contributed by atoms with Crippen molar-refractivity contribution in [2.45, 2.75) is 6.10 Å². The van der Waals surface area contributed by atoms with Crippen LogP contribution in [0.1, 0.15) is 27.6 Å². The summed E-state index contributed by atoms with van der Waals surface area (Å²) in [5.41, 5.74) is 10.2. The molecule has 0 aromatic heterocycles. The number of carbonyl (C=O) groups excluding carboxylic acids is 2. The first kappa shape index (κ1) is 24.5. The van der Waals surface area contributed by atoms with Crippen LogP contribution in [-0.4, -0.2) is 28.6 Å². The number of rotatable bonds is 9. The van der Waals surface area contributed by atoms with Crippen molar-refractivity contribution in [3.8, 4) is 11.1 Å². The number of alkyl halides is 1. The highest BCUT2D eigenvalue weighted by molar-refractivity contribution is 6.29. The molecule has 0 aliphatic carbocycles. The number of oxime groups is 1. The molecule has 0 saturated heterocycles. The summed E-state index contributed by atoms with van der Waals surface area (Å²) in [7, 11) is 0. The molecule has 3 N–H and O–H groups in total. The predicted octanol–water partition coefficient (Wildman–Crippen LogP) is 5.44. The lowest BCUT2D eigenvalue weighted by atomic mass is 9.97. The fourth-order valence-electron chi connectivity index (χ4n) is 3.04. The number of aliphatic hydroxyl groups excluding tert-OH is 1. The van der Waals surface area contributed by atoms with Crippen molar-refractivity contribution in [1.29, 1.82) is 5.53 Å². The van der Waals surface area contributed by atoms with Crippen LogP contribution in [0.5, 0.6) is 0 Å². The molecule has 0 spiro atoms. The number of halogens is 1. The Kier molecular flexibility index (Phi) is 8.79. The highest BCUT2D eigenvalue weighted by Crippen LogP contribution is 2.24. The third-order valence-electron chi connectivity index (χ3n) is 4.79. The standard InChI is InChI=1S/C25H21ClN4O4/c26-16-22(30-34-25(33)28-14-15-29-27)24(32)21-12-8-18(9-13-21)17-6-10-20(11-7-17)23(31)19-4-2-1-3-5-19/h1-15,24,27,32H,16H2,(H,28,33)/b15-14-,29-27?,30-22-. The lowest BCUT2D eigenvalue weighted by molar-refractivity contribution is 0.103. The molecule has 0 heterocycles. The van der Waals surface area contributed by atoms with Gasteiger partial charge in [-0.25, -0.2) is 10.3 Å². The van der Waals surface area contributed by atoms with Crippen molar-refractivity contribution in [3.05, 3.63) is 108 Å². The van der Waals surface area contributed by atoms with Gasteiger partial charge in [0.05, 0.1) is 12.1 Å². The van der Waals surface area contributed by atoms with Gasteiger partial charge in [0.25, 0.3) is 0 Å². The Labute approximate surface area is 201 Å². The third kappa shape index (κ3) is 6.44. The molecule has 9 heteroatoms. The van der Waals surface area contributed by atoms with Gasteiger partial charge in [-0.1, -0.05) is 84.0 Å². The van der Waals surface area contributed by atoms with Crippen LogP contribution >= 0.6 is 11.6 Å². The summed E-state index contributed by atoms with van der Waals surface area (Å²) in [5, 5.41) is 19.3. The van der Waals surface area contributed by atoms with Gasteiger partial charge in [-0.15, -0.1) is 11.6 Å². The monoisotopic (exact) mass is 476 g/mol. The van der Waals surface area contributed by atoms with E-state index in [1.807, 2.05) is 42.5 Å². The number of amides is 1. The molecule has 172 valence electrons. The second-order valence-corrected chi connectivity index (χ2v) is 7.25. The number of hydrogen-bond acceptors (Lipinski definition) is 7. The fourth-order valence-corrected chi connectivity index (χ4v) is 3.23. The lowest BCUT2D eigenvalue weighted by Crippen LogP contribution is -2.19. The van der Waals surface area contributed by atoms with E-state index in [0.29, 0.717) is 16.7 Å². The maximum atomic E-state index is 12.6. The van der Waals surface area contributed by atoms with Crippen LogP contribution < -0.4 is 5.32 Å². The summed E-state index contributed by atoms with van der Waals surface area (Å²) in [6, 6.07) is 23.4. The molecule has 0 bridgehead atoms. The van der Waals surface area contributed by atoms with Gasteiger partial charge in [0.15, 0.2) is 5.78 Å². The molecule has 3 rings (SSSR count). The van der Waals surface area contributed by atoms with Gasteiger partial charge >= 0.3 is 6.09 Å². The van der Waals surface area contributed by atoms with Crippen molar-refractivity contribution >= 4 is 29.2 Å². The van der Waals surface area contributed by atoms with E-state index in [2.05, 4.69) is 20.4 Å². The Morgan fingerprint density at radius 1 is 0.971 bits per heavy atom. The molecule has 1 amide bonds. The Balaban J connectivity index is 1.68. The Morgan fingerprint density at radius 2 is 1.56 bits per heavy atom. The van der Waals surface area contributed by atoms with Crippen LogP contribution in [0.15, 0.2) is 102 Å². The maximum Gasteiger partial charge on any atom is 0.437 e. The molecule has 0 saturated carbocycles. The quantitative estimate of drug-likeness (QED) is 0.0949. The molecule has 1 atom stereocenters. The summed E-state index contributed by atoms with van der Waals surface area (Å²) >= 11 is 5.85. The maximum absolute atomic E-state index is 12.6. The lowest BCUT2D eigenvalue weighted by Gasteiger charge is -2.12. The normalized spacial score (nSPS) is 12.2. The van der Waals surface area contributed by atoms with Crippen molar-refractivity contribution in [3.63, 3.8) is 0 Å². The minimum absolute atomic E-state index is 0.0440. The molecule has 1 unspecified atom stereocenters. The van der Waals surface area contributed by atoms with Crippen molar-refractivity contribution in [1.82, 2.24) is 5.32 Å². The fraction of sp³-hybridized carbons (Fsp3) is 0.0800. The average molecular weight is 477 g/mol. The van der Waals surface area contributed by atoms with Crippen molar-refractivity contribution < 1.29 is 19.5 Å². The molecule has 0 fully saturated rings. The summed E-state index contributed by atoms with van der Waals surface area (Å²) in [4.78, 5) is 28.7. The number of nitrogens with zero attached hydrogens (tertiary/aromatic N) is 2. The van der Waals surface area contributed by atoms with E-state index in [1.165, 1.54) is 0 Å². The highest BCUT2D eigenvalue weighted by atomic mass is 35.5. The summed E-state index contributed by atoms with van der Waals surface area (Å²) in [6.07, 6.45) is 0.0477. The van der Waals surface area contributed by atoms with Gasteiger partial charge in [0.1, 0.15) is 11.8 Å². The van der Waals surface area contributed by atoms with E-state index in [9.17, 15) is 14.7 Å². The third-order valence-corrected chi connectivity index (χ3v) is 5.07. The van der Waals surface area contributed by atoms with E-state index >= 15 is 0 Å². The first-order chi connectivity index (χ1) is 16.5. The number of carbonyl (C=O) groups is 2. The number of aliphatic hydroxyl groups is 1. The van der Waals surface area contributed by atoms with E-state index < -0.39 is 12.2 Å². The van der Waals surface area contributed by atoms with Crippen molar-refractivity contribution in [2.24, 2.45) is 10.3 Å². The molecular formula is C25H21ClN4O4. The van der Waals surface area contributed by atoms with Crippen molar-refractivity contribution in [2.75, 3.05) is 5.88 Å². The minimum atomic E-state index is -1.18. The molecule has 3 aromatic carbocycles. The van der Waals surface area contributed by atoms with Gasteiger partial charge in [-0.2, -0.15) is 5.11 Å². The molecule has 8 nitrogen and oxygen atoms in total. The molecule has 0 radical (unpaired) electrons. The largest absolute Gasteiger partial charge is 0.437 e. The Bertz CT molecular complexity index is 1190. The van der Waals surface area contributed by atoms with Gasteiger partial charge in [-0.05, 0) is 16.7 Å². The van der Waals surface area contributed by atoms with Crippen LogP contribution in [0.25, 0.3) is 11.1 Å². The number of benzene rings is 3. The second kappa shape index (κ2) is 12.2. The zero-order chi connectivity index (χ0) is 24.3. The zero-order valence-corrected chi connectivity index (χ0v) is 18.6. The van der Waals surface area contributed by atoms with Crippen LogP contribution in [0.4, 0.5) is 4.79 Å². The summed E-state index contributed by atoms with van der Waals surface area (Å²) < 4.78 is 0. The van der Waals surface area contributed by atoms with E-state index in [-0.39, 0.29) is 17.4 Å². The SMILES string of the molecule is N=N/C=C\NC(=O)O/N=C(/CCl)C(O)c1ccc(-c2ccc(C(=O)c3ccccc3)cc2)cc1.